The standard InChI is InChI=1S/C28H27N5O2S/c1-17-16-22(18(2)32(17)24-9-4-5-10-25(24)35)27-26(23-8-6-7-15-29-23)31-28(36)33(27)21-13-11-20(12-14-21)30-19(3)34/h4-16,26-27,35H,1-3H3,(H,30,34)(H,31,36)/t26-,27-/m0/s1. The number of para-hydroxylation sites is 2. The molecule has 1 aliphatic rings. The van der Waals surface area contributed by atoms with Gasteiger partial charge in [-0.1, -0.05) is 18.2 Å². The average Bonchev–Trinajstić information content (AvgIpc) is 3.35. The Hall–Kier alpha value is -4.17. The van der Waals surface area contributed by atoms with Gasteiger partial charge in [0, 0.05) is 35.9 Å². The predicted octanol–water partition coefficient (Wildman–Crippen LogP) is 5.33. The SMILES string of the molecule is CC(=O)Nc1ccc(N2C(=S)N[C@@H](c3ccccn3)[C@@H]2c2cc(C)n(-c3ccccc3O)c2C)cc1. The number of aromatic hydroxyl groups is 1. The molecule has 3 heterocycles. The lowest BCUT2D eigenvalue weighted by Gasteiger charge is -2.28. The first-order valence-corrected chi connectivity index (χ1v) is 12.1. The van der Waals surface area contributed by atoms with Gasteiger partial charge in [-0.25, -0.2) is 0 Å². The summed E-state index contributed by atoms with van der Waals surface area (Å²) in [5.74, 6) is 0.100. The van der Waals surface area contributed by atoms with Crippen LogP contribution < -0.4 is 15.5 Å². The van der Waals surface area contributed by atoms with Crippen molar-refractivity contribution >= 4 is 34.6 Å². The second kappa shape index (κ2) is 9.47. The van der Waals surface area contributed by atoms with Gasteiger partial charge in [-0.3, -0.25) is 9.78 Å². The van der Waals surface area contributed by atoms with Gasteiger partial charge in [0.15, 0.2) is 5.11 Å². The van der Waals surface area contributed by atoms with Gasteiger partial charge >= 0.3 is 0 Å². The van der Waals surface area contributed by atoms with Gasteiger partial charge in [-0.2, -0.15) is 0 Å². The Morgan fingerprint density at radius 2 is 1.78 bits per heavy atom. The van der Waals surface area contributed by atoms with E-state index in [4.69, 9.17) is 12.2 Å². The highest BCUT2D eigenvalue weighted by molar-refractivity contribution is 7.80. The van der Waals surface area contributed by atoms with Crippen molar-refractivity contribution in [3.63, 3.8) is 0 Å². The third kappa shape index (κ3) is 4.20. The Balaban J connectivity index is 1.64. The van der Waals surface area contributed by atoms with E-state index >= 15 is 0 Å². The molecule has 1 fully saturated rings. The molecule has 4 aromatic rings. The number of carbonyl (C=O) groups is 1. The summed E-state index contributed by atoms with van der Waals surface area (Å²) in [6, 6.07) is 22.6. The molecule has 7 nitrogen and oxygen atoms in total. The van der Waals surface area contributed by atoms with Crippen molar-refractivity contribution in [1.82, 2.24) is 14.9 Å². The minimum Gasteiger partial charge on any atom is -0.506 e. The molecule has 0 radical (unpaired) electrons. The summed E-state index contributed by atoms with van der Waals surface area (Å²) in [7, 11) is 0. The number of thiocarbonyl (C=S) groups is 1. The van der Waals surface area contributed by atoms with Crippen molar-refractivity contribution in [2.75, 3.05) is 10.2 Å². The van der Waals surface area contributed by atoms with Crippen LogP contribution in [0.5, 0.6) is 5.75 Å². The number of amides is 1. The number of rotatable bonds is 5. The summed E-state index contributed by atoms with van der Waals surface area (Å²) in [5, 5.41) is 17.5. The summed E-state index contributed by atoms with van der Waals surface area (Å²) in [6.45, 7) is 5.58. The number of anilines is 2. The maximum Gasteiger partial charge on any atom is 0.221 e. The summed E-state index contributed by atoms with van der Waals surface area (Å²) in [4.78, 5) is 18.2. The van der Waals surface area contributed by atoms with Crippen molar-refractivity contribution in [2.45, 2.75) is 32.9 Å². The minimum atomic E-state index is -0.190. The van der Waals surface area contributed by atoms with Crippen LogP contribution in [0.3, 0.4) is 0 Å². The van der Waals surface area contributed by atoms with E-state index in [9.17, 15) is 9.90 Å². The van der Waals surface area contributed by atoms with Crippen molar-refractivity contribution < 1.29 is 9.90 Å². The van der Waals surface area contributed by atoms with Gasteiger partial charge in [-0.05, 0) is 86.2 Å². The largest absolute Gasteiger partial charge is 0.506 e. The summed E-state index contributed by atoms with van der Waals surface area (Å²) in [5.41, 5.74) is 6.32. The first-order valence-electron chi connectivity index (χ1n) is 11.7. The number of nitrogens with zero attached hydrogens (tertiary/aromatic N) is 3. The van der Waals surface area contributed by atoms with Gasteiger partial charge in [-0.15, -0.1) is 0 Å². The van der Waals surface area contributed by atoms with Gasteiger partial charge in [0.25, 0.3) is 0 Å². The lowest BCUT2D eigenvalue weighted by Crippen LogP contribution is -2.29. The highest BCUT2D eigenvalue weighted by atomic mass is 32.1. The molecule has 2 aromatic heterocycles. The van der Waals surface area contributed by atoms with Crippen LogP contribution in [0.1, 0.15) is 41.7 Å². The Morgan fingerprint density at radius 3 is 2.44 bits per heavy atom. The van der Waals surface area contributed by atoms with E-state index < -0.39 is 0 Å². The summed E-state index contributed by atoms with van der Waals surface area (Å²) in [6.07, 6.45) is 1.79. The number of hydrogen-bond donors (Lipinski definition) is 3. The van der Waals surface area contributed by atoms with E-state index in [2.05, 4.69) is 38.1 Å². The zero-order valence-corrected chi connectivity index (χ0v) is 21.1. The third-order valence-electron chi connectivity index (χ3n) is 6.48. The number of phenolic OH excluding ortho intramolecular Hbond substituents is 1. The molecule has 182 valence electrons. The number of hydrogen-bond acceptors (Lipinski definition) is 4. The molecule has 36 heavy (non-hydrogen) atoms. The number of pyridine rings is 1. The highest BCUT2D eigenvalue weighted by Gasteiger charge is 2.42. The minimum absolute atomic E-state index is 0.120. The van der Waals surface area contributed by atoms with Crippen molar-refractivity contribution in [1.29, 1.82) is 0 Å². The number of aromatic nitrogens is 2. The lowest BCUT2D eigenvalue weighted by molar-refractivity contribution is -0.114. The first-order chi connectivity index (χ1) is 17.3. The fourth-order valence-corrected chi connectivity index (χ4v) is 5.31. The van der Waals surface area contributed by atoms with E-state index in [1.165, 1.54) is 6.92 Å². The zero-order valence-electron chi connectivity index (χ0n) is 20.3. The molecular weight excluding hydrogens is 470 g/mol. The monoisotopic (exact) mass is 497 g/mol. The number of phenols is 1. The molecule has 2 aromatic carbocycles. The normalized spacial score (nSPS) is 17.2. The molecule has 0 aliphatic carbocycles. The zero-order chi connectivity index (χ0) is 25.4. The van der Waals surface area contributed by atoms with Crippen molar-refractivity contribution in [2.24, 2.45) is 0 Å². The number of carbonyl (C=O) groups excluding carboxylic acids is 1. The summed E-state index contributed by atoms with van der Waals surface area (Å²) < 4.78 is 2.07. The third-order valence-corrected chi connectivity index (χ3v) is 6.79. The van der Waals surface area contributed by atoms with Crippen LogP contribution in [0, 0.1) is 13.8 Å². The molecule has 2 atom stereocenters. The Morgan fingerprint density at radius 1 is 1.06 bits per heavy atom. The molecule has 0 spiro atoms. The van der Waals surface area contributed by atoms with Gasteiger partial charge in [0.2, 0.25) is 5.91 Å². The van der Waals surface area contributed by atoms with E-state index in [1.807, 2.05) is 67.6 Å². The quantitative estimate of drug-likeness (QED) is 0.323. The molecule has 5 rings (SSSR count). The first kappa shape index (κ1) is 23.6. The maximum absolute atomic E-state index is 11.5. The number of nitrogens with one attached hydrogen (secondary N) is 2. The molecule has 3 N–H and O–H groups in total. The van der Waals surface area contributed by atoms with E-state index in [0.29, 0.717) is 5.11 Å². The van der Waals surface area contributed by atoms with Crippen LogP contribution >= 0.6 is 12.2 Å². The van der Waals surface area contributed by atoms with Crippen LogP contribution in [-0.2, 0) is 4.79 Å². The highest BCUT2D eigenvalue weighted by Crippen LogP contribution is 2.44. The molecule has 0 unspecified atom stereocenters. The molecule has 0 bridgehead atoms. The number of aryl methyl sites for hydroxylation is 1. The Kier molecular flexibility index (Phi) is 6.20. The molecule has 8 heteroatoms. The van der Waals surface area contributed by atoms with Gasteiger partial charge in [0.1, 0.15) is 5.75 Å². The lowest BCUT2D eigenvalue weighted by atomic mass is 9.96. The molecule has 1 aliphatic heterocycles. The van der Waals surface area contributed by atoms with Crippen LogP contribution in [0.2, 0.25) is 0 Å². The predicted molar refractivity (Wildman–Crippen MR) is 146 cm³/mol. The van der Waals surface area contributed by atoms with Crippen LogP contribution in [0.25, 0.3) is 5.69 Å². The van der Waals surface area contributed by atoms with Gasteiger partial charge in [0.05, 0.1) is 23.5 Å². The van der Waals surface area contributed by atoms with E-state index in [1.54, 1.807) is 12.3 Å². The van der Waals surface area contributed by atoms with Crippen LogP contribution in [0.15, 0.2) is 79.0 Å². The summed E-state index contributed by atoms with van der Waals surface area (Å²) >= 11 is 5.85. The number of benzene rings is 2. The fourth-order valence-electron chi connectivity index (χ4n) is 4.97. The van der Waals surface area contributed by atoms with Crippen molar-refractivity contribution in [3.05, 3.63) is 102 Å². The smallest absolute Gasteiger partial charge is 0.221 e. The Labute approximate surface area is 215 Å². The van der Waals surface area contributed by atoms with Gasteiger partial charge < -0.3 is 25.2 Å². The molecule has 1 amide bonds. The topological polar surface area (TPSA) is 82.4 Å². The van der Waals surface area contributed by atoms with E-state index in [0.717, 1.165) is 39.7 Å². The second-order valence-corrected chi connectivity index (χ2v) is 9.26. The molecular formula is C28H27N5O2S. The Bertz CT molecular complexity index is 1430. The molecule has 1 saturated heterocycles. The molecule has 0 saturated carbocycles. The van der Waals surface area contributed by atoms with Crippen LogP contribution in [-0.4, -0.2) is 25.7 Å². The fraction of sp³-hybridized carbons (Fsp3) is 0.179. The van der Waals surface area contributed by atoms with E-state index in [-0.39, 0.29) is 23.7 Å². The average molecular weight is 498 g/mol. The maximum atomic E-state index is 11.5. The van der Waals surface area contributed by atoms with Crippen LogP contribution in [0.4, 0.5) is 11.4 Å². The van der Waals surface area contributed by atoms with Crippen molar-refractivity contribution in [3.8, 4) is 11.4 Å². The second-order valence-electron chi connectivity index (χ2n) is 8.88.